The molecule has 0 radical (unpaired) electrons. The van der Waals surface area contributed by atoms with Gasteiger partial charge in [0.1, 0.15) is 5.82 Å². The monoisotopic (exact) mass is 212 g/mol. The average Bonchev–Trinajstić information content (AvgIpc) is 2.99. The van der Waals surface area contributed by atoms with Crippen LogP contribution in [0.3, 0.4) is 0 Å². The fourth-order valence-corrected chi connectivity index (χ4v) is 2.45. The molecule has 1 aliphatic rings. The van der Waals surface area contributed by atoms with E-state index in [-0.39, 0.29) is 11.2 Å². The first-order valence-corrected chi connectivity index (χ1v) is 5.51. The molecule has 1 saturated carbocycles. The van der Waals surface area contributed by atoms with Gasteiger partial charge in [-0.1, -0.05) is 19.1 Å². The SMILES string of the molecule is CCC1(C(Cl)c2ccc(F)cc2)CC1. The summed E-state index contributed by atoms with van der Waals surface area (Å²) < 4.78 is 12.7. The fourth-order valence-electron chi connectivity index (χ4n) is 1.93. The van der Waals surface area contributed by atoms with Gasteiger partial charge in [-0.3, -0.25) is 0 Å². The topological polar surface area (TPSA) is 0 Å². The molecule has 14 heavy (non-hydrogen) atoms. The van der Waals surface area contributed by atoms with E-state index in [0.717, 1.165) is 12.0 Å². The second kappa shape index (κ2) is 3.54. The van der Waals surface area contributed by atoms with Gasteiger partial charge in [-0.2, -0.15) is 0 Å². The van der Waals surface area contributed by atoms with Gasteiger partial charge >= 0.3 is 0 Å². The van der Waals surface area contributed by atoms with Gasteiger partial charge in [-0.25, -0.2) is 4.39 Å². The Bertz CT molecular complexity index is 314. The van der Waals surface area contributed by atoms with Crippen molar-refractivity contribution in [1.82, 2.24) is 0 Å². The fraction of sp³-hybridized carbons (Fsp3) is 0.500. The smallest absolute Gasteiger partial charge is 0.123 e. The number of rotatable bonds is 3. The van der Waals surface area contributed by atoms with Gasteiger partial charge in [0.05, 0.1) is 5.38 Å². The molecule has 0 amide bonds. The zero-order valence-electron chi connectivity index (χ0n) is 8.26. The normalized spacial score (nSPS) is 20.5. The van der Waals surface area contributed by atoms with Gasteiger partial charge in [0.2, 0.25) is 0 Å². The van der Waals surface area contributed by atoms with Crippen LogP contribution in [-0.4, -0.2) is 0 Å². The molecule has 0 N–H and O–H groups in total. The Hall–Kier alpha value is -0.560. The summed E-state index contributed by atoms with van der Waals surface area (Å²) in [5, 5.41) is 0.0492. The minimum Gasteiger partial charge on any atom is -0.207 e. The molecule has 1 aliphatic carbocycles. The Kier molecular flexibility index (Phi) is 2.52. The molecular formula is C12H14ClF. The summed E-state index contributed by atoms with van der Waals surface area (Å²) in [4.78, 5) is 0. The Morgan fingerprint density at radius 1 is 1.36 bits per heavy atom. The van der Waals surface area contributed by atoms with Crippen LogP contribution < -0.4 is 0 Å². The van der Waals surface area contributed by atoms with E-state index in [1.54, 1.807) is 12.1 Å². The van der Waals surface area contributed by atoms with Crippen molar-refractivity contribution >= 4 is 11.6 Å². The Balaban J connectivity index is 2.19. The highest BCUT2D eigenvalue weighted by atomic mass is 35.5. The molecule has 76 valence electrons. The highest BCUT2D eigenvalue weighted by Crippen LogP contribution is 2.60. The summed E-state index contributed by atoms with van der Waals surface area (Å²) in [7, 11) is 0. The molecule has 0 saturated heterocycles. The van der Waals surface area contributed by atoms with Crippen molar-refractivity contribution in [3.63, 3.8) is 0 Å². The summed E-state index contributed by atoms with van der Waals surface area (Å²) >= 11 is 6.39. The van der Waals surface area contributed by atoms with Crippen LogP contribution in [0.1, 0.15) is 37.1 Å². The van der Waals surface area contributed by atoms with Gasteiger partial charge in [0, 0.05) is 0 Å². The third-order valence-electron chi connectivity index (χ3n) is 3.30. The van der Waals surface area contributed by atoms with Crippen LogP contribution in [0, 0.1) is 11.2 Å². The number of halogens is 2. The van der Waals surface area contributed by atoms with Gasteiger partial charge in [0.15, 0.2) is 0 Å². The molecule has 1 aromatic carbocycles. The molecule has 0 spiro atoms. The quantitative estimate of drug-likeness (QED) is 0.656. The van der Waals surface area contributed by atoms with Crippen LogP contribution in [0.2, 0.25) is 0 Å². The molecule has 2 heteroatoms. The highest BCUT2D eigenvalue weighted by Gasteiger charge is 2.47. The third kappa shape index (κ3) is 1.66. The minimum atomic E-state index is -0.195. The summed E-state index contributed by atoms with van der Waals surface area (Å²) in [5.41, 5.74) is 1.34. The van der Waals surface area contributed by atoms with E-state index in [1.807, 2.05) is 0 Å². The second-order valence-electron chi connectivity index (χ2n) is 4.13. The average molecular weight is 213 g/mol. The lowest BCUT2D eigenvalue weighted by molar-refractivity contribution is 0.471. The van der Waals surface area contributed by atoms with E-state index in [4.69, 9.17) is 11.6 Å². The van der Waals surface area contributed by atoms with Crippen LogP contribution >= 0.6 is 11.6 Å². The second-order valence-corrected chi connectivity index (χ2v) is 4.57. The Labute approximate surface area is 89.1 Å². The minimum absolute atomic E-state index is 0.0492. The van der Waals surface area contributed by atoms with E-state index in [2.05, 4.69) is 6.92 Å². The summed E-state index contributed by atoms with van der Waals surface area (Å²) in [6.45, 7) is 2.17. The van der Waals surface area contributed by atoms with Crippen molar-refractivity contribution in [3.05, 3.63) is 35.6 Å². The maximum atomic E-state index is 12.7. The molecule has 2 rings (SSSR count). The zero-order valence-corrected chi connectivity index (χ0v) is 9.02. The van der Waals surface area contributed by atoms with Crippen molar-refractivity contribution < 1.29 is 4.39 Å². The van der Waals surface area contributed by atoms with Crippen molar-refractivity contribution in [3.8, 4) is 0 Å². The lowest BCUT2D eigenvalue weighted by Crippen LogP contribution is -2.07. The summed E-state index contributed by atoms with van der Waals surface area (Å²) in [6.07, 6.45) is 3.52. The number of hydrogen-bond donors (Lipinski definition) is 0. The molecule has 1 aromatic rings. The standard InChI is InChI=1S/C12H14ClF/c1-2-12(7-8-12)11(13)9-3-5-10(14)6-4-9/h3-6,11H,2,7-8H2,1H3. The van der Waals surface area contributed by atoms with E-state index < -0.39 is 0 Å². The molecule has 1 fully saturated rings. The van der Waals surface area contributed by atoms with Gasteiger partial charge in [-0.05, 0) is 42.4 Å². The molecule has 0 nitrogen and oxygen atoms in total. The van der Waals surface area contributed by atoms with Gasteiger partial charge in [0.25, 0.3) is 0 Å². The molecular weight excluding hydrogens is 199 g/mol. The van der Waals surface area contributed by atoms with E-state index in [1.165, 1.54) is 25.0 Å². The molecule has 0 bridgehead atoms. The number of benzene rings is 1. The van der Waals surface area contributed by atoms with E-state index >= 15 is 0 Å². The number of alkyl halides is 1. The van der Waals surface area contributed by atoms with Crippen LogP contribution in [0.15, 0.2) is 24.3 Å². The molecule has 0 aliphatic heterocycles. The van der Waals surface area contributed by atoms with E-state index in [9.17, 15) is 4.39 Å². The summed E-state index contributed by atoms with van der Waals surface area (Å²) in [6, 6.07) is 6.55. The van der Waals surface area contributed by atoms with Gasteiger partial charge < -0.3 is 0 Å². The maximum absolute atomic E-state index is 12.7. The van der Waals surface area contributed by atoms with E-state index in [0.29, 0.717) is 5.41 Å². The highest BCUT2D eigenvalue weighted by molar-refractivity contribution is 6.21. The first-order chi connectivity index (χ1) is 6.68. The third-order valence-corrected chi connectivity index (χ3v) is 4.01. The molecule has 0 heterocycles. The predicted molar refractivity (Wildman–Crippen MR) is 57.0 cm³/mol. The van der Waals surface area contributed by atoms with Crippen LogP contribution in [-0.2, 0) is 0 Å². The largest absolute Gasteiger partial charge is 0.207 e. The Morgan fingerprint density at radius 3 is 2.36 bits per heavy atom. The van der Waals surface area contributed by atoms with Crippen molar-refractivity contribution in [1.29, 1.82) is 0 Å². The van der Waals surface area contributed by atoms with Crippen LogP contribution in [0.5, 0.6) is 0 Å². The van der Waals surface area contributed by atoms with Crippen LogP contribution in [0.4, 0.5) is 4.39 Å². The lowest BCUT2D eigenvalue weighted by Gasteiger charge is -2.19. The molecule has 1 unspecified atom stereocenters. The van der Waals surface area contributed by atoms with Crippen molar-refractivity contribution in [2.24, 2.45) is 5.41 Å². The first-order valence-electron chi connectivity index (χ1n) is 5.07. The summed E-state index contributed by atoms with van der Waals surface area (Å²) in [5.74, 6) is -0.195. The van der Waals surface area contributed by atoms with Crippen molar-refractivity contribution in [2.45, 2.75) is 31.6 Å². The Morgan fingerprint density at radius 2 is 1.93 bits per heavy atom. The number of hydrogen-bond acceptors (Lipinski definition) is 0. The zero-order chi connectivity index (χ0) is 10.2. The maximum Gasteiger partial charge on any atom is 0.123 e. The first kappa shape index (κ1) is 9.97. The van der Waals surface area contributed by atoms with Gasteiger partial charge in [-0.15, -0.1) is 11.6 Å². The van der Waals surface area contributed by atoms with Crippen LogP contribution in [0.25, 0.3) is 0 Å². The predicted octanol–water partition coefficient (Wildman–Crippen LogP) is 4.30. The molecule has 0 aromatic heterocycles. The molecule has 1 atom stereocenters. The van der Waals surface area contributed by atoms with Crippen molar-refractivity contribution in [2.75, 3.05) is 0 Å². The lowest BCUT2D eigenvalue weighted by atomic mass is 9.93.